The van der Waals surface area contributed by atoms with E-state index in [-0.39, 0.29) is 5.91 Å². The van der Waals surface area contributed by atoms with Gasteiger partial charge in [0.25, 0.3) is 0 Å². The molecule has 1 saturated heterocycles. The summed E-state index contributed by atoms with van der Waals surface area (Å²) in [5.41, 5.74) is 6.33. The second-order valence-electron chi connectivity index (χ2n) is 5.57. The lowest BCUT2D eigenvalue weighted by molar-refractivity contribution is -0.121. The molecule has 0 radical (unpaired) electrons. The van der Waals surface area contributed by atoms with Gasteiger partial charge in [0.05, 0.1) is 13.0 Å². The molecule has 1 aromatic rings. The molecule has 1 aromatic carbocycles. The summed E-state index contributed by atoms with van der Waals surface area (Å²) in [5, 5.41) is 2.97. The Labute approximate surface area is 126 Å². The normalized spacial score (nSPS) is 16.6. The molecular weight excluding hydrogens is 266 g/mol. The number of nitrogens with two attached hydrogens (primary N) is 1. The molecule has 2 rings (SSSR count). The number of ether oxygens (including phenoxy) is 1. The zero-order chi connectivity index (χ0) is 15.1. The Hall–Kier alpha value is -1.75. The highest BCUT2D eigenvalue weighted by Crippen LogP contribution is 2.14. The molecule has 0 bridgehead atoms. The molecule has 0 aromatic heterocycles. The molecule has 1 unspecified atom stereocenters. The first kappa shape index (κ1) is 15.6. The lowest BCUT2D eigenvalue weighted by Crippen LogP contribution is -2.40. The van der Waals surface area contributed by atoms with E-state index in [9.17, 15) is 4.79 Å². The minimum Gasteiger partial charge on any atom is -0.493 e. The number of likely N-dealkylation sites (tertiary alicyclic amines) is 1. The average molecular weight is 291 g/mol. The first-order valence-electron chi connectivity index (χ1n) is 7.64. The Balaban J connectivity index is 1.61. The van der Waals surface area contributed by atoms with Crippen molar-refractivity contribution in [1.82, 2.24) is 10.2 Å². The molecule has 21 heavy (non-hydrogen) atoms. The summed E-state index contributed by atoms with van der Waals surface area (Å²) in [6, 6.07) is 7.64. The van der Waals surface area contributed by atoms with Crippen molar-refractivity contribution >= 4 is 11.6 Å². The van der Waals surface area contributed by atoms with Gasteiger partial charge in [0.15, 0.2) is 0 Å². The predicted molar refractivity (Wildman–Crippen MR) is 84.2 cm³/mol. The first-order chi connectivity index (χ1) is 10.1. The molecule has 1 heterocycles. The van der Waals surface area contributed by atoms with Gasteiger partial charge >= 0.3 is 0 Å². The van der Waals surface area contributed by atoms with E-state index in [0.29, 0.717) is 37.1 Å². The summed E-state index contributed by atoms with van der Waals surface area (Å²) in [4.78, 5) is 14.2. The van der Waals surface area contributed by atoms with Crippen molar-refractivity contribution in [3.63, 3.8) is 0 Å². The number of anilines is 1. The molecule has 1 fully saturated rings. The third kappa shape index (κ3) is 5.27. The Morgan fingerprint density at radius 3 is 2.90 bits per heavy atom. The van der Waals surface area contributed by atoms with Crippen LogP contribution in [0.4, 0.5) is 5.69 Å². The van der Waals surface area contributed by atoms with Crippen LogP contribution in [0.2, 0.25) is 0 Å². The van der Waals surface area contributed by atoms with Gasteiger partial charge in [0.1, 0.15) is 5.75 Å². The van der Waals surface area contributed by atoms with E-state index in [1.54, 1.807) is 12.1 Å². The maximum absolute atomic E-state index is 11.8. The topological polar surface area (TPSA) is 67.6 Å². The number of nitrogens with one attached hydrogen (secondary N) is 1. The lowest BCUT2D eigenvalue weighted by Gasteiger charge is -2.23. The maximum Gasteiger partial charge on any atom is 0.223 e. The highest BCUT2D eigenvalue weighted by Gasteiger charge is 2.18. The Bertz CT molecular complexity index is 459. The first-order valence-corrected chi connectivity index (χ1v) is 7.64. The molecule has 5 nitrogen and oxygen atoms in total. The lowest BCUT2D eigenvalue weighted by atomic mass is 10.3. The number of nitrogens with zero attached hydrogens (tertiary/aromatic N) is 1. The van der Waals surface area contributed by atoms with E-state index in [1.807, 2.05) is 12.1 Å². The number of hydrogen-bond donors (Lipinski definition) is 2. The van der Waals surface area contributed by atoms with Gasteiger partial charge < -0.3 is 15.8 Å². The van der Waals surface area contributed by atoms with E-state index in [2.05, 4.69) is 17.1 Å². The van der Waals surface area contributed by atoms with E-state index in [1.165, 1.54) is 12.8 Å². The van der Waals surface area contributed by atoms with Crippen LogP contribution in [0.1, 0.15) is 26.2 Å². The molecular formula is C16H25N3O2. The van der Waals surface area contributed by atoms with Crippen molar-refractivity contribution in [3.8, 4) is 5.75 Å². The van der Waals surface area contributed by atoms with Crippen LogP contribution >= 0.6 is 0 Å². The van der Waals surface area contributed by atoms with Crippen molar-refractivity contribution in [1.29, 1.82) is 0 Å². The van der Waals surface area contributed by atoms with Crippen LogP contribution in [0.3, 0.4) is 0 Å². The van der Waals surface area contributed by atoms with E-state index < -0.39 is 0 Å². The number of hydrogen-bond acceptors (Lipinski definition) is 4. The monoisotopic (exact) mass is 291 g/mol. The number of carbonyl (C=O) groups is 1. The van der Waals surface area contributed by atoms with E-state index in [4.69, 9.17) is 10.5 Å². The zero-order valence-electron chi connectivity index (χ0n) is 12.7. The second-order valence-corrected chi connectivity index (χ2v) is 5.57. The fraction of sp³-hybridized carbons (Fsp3) is 0.562. The van der Waals surface area contributed by atoms with Gasteiger partial charge in [-0.25, -0.2) is 0 Å². The van der Waals surface area contributed by atoms with Crippen LogP contribution in [0, 0.1) is 0 Å². The van der Waals surface area contributed by atoms with Gasteiger partial charge in [0.2, 0.25) is 5.91 Å². The standard InChI is InChI=1S/C16H25N3O2/c1-13(19-8-2-3-9-19)12-18-16(20)7-10-21-15-6-4-5-14(17)11-15/h4-6,11,13H,2-3,7-10,12,17H2,1H3,(H,18,20). The summed E-state index contributed by atoms with van der Waals surface area (Å²) >= 11 is 0. The number of rotatable bonds is 7. The zero-order valence-corrected chi connectivity index (χ0v) is 12.7. The number of benzene rings is 1. The third-order valence-electron chi connectivity index (χ3n) is 3.81. The van der Waals surface area contributed by atoms with Crippen LogP contribution in [-0.2, 0) is 4.79 Å². The fourth-order valence-electron chi connectivity index (χ4n) is 2.53. The van der Waals surface area contributed by atoms with Gasteiger partial charge in [-0.15, -0.1) is 0 Å². The van der Waals surface area contributed by atoms with E-state index in [0.717, 1.165) is 13.1 Å². The van der Waals surface area contributed by atoms with Crippen LogP contribution in [0.15, 0.2) is 24.3 Å². The van der Waals surface area contributed by atoms with Crippen molar-refractivity contribution in [2.24, 2.45) is 0 Å². The molecule has 5 heteroatoms. The number of amides is 1. The maximum atomic E-state index is 11.8. The Morgan fingerprint density at radius 1 is 1.43 bits per heavy atom. The van der Waals surface area contributed by atoms with Crippen molar-refractivity contribution in [2.45, 2.75) is 32.2 Å². The van der Waals surface area contributed by atoms with Crippen LogP contribution in [0.25, 0.3) is 0 Å². The molecule has 1 amide bonds. The van der Waals surface area contributed by atoms with Crippen molar-refractivity contribution < 1.29 is 9.53 Å². The molecule has 116 valence electrons. The minimum atomic E-state index is 0.0324. The van der Waals surface area contributed by atoms with Crippen molar-refractivity contribution in [2.75, 3.05) is 32.0 Å². The average Bonchev–Trinajstić information content (AvgIpc) is 2.99. The van der Waals surface area contributed by atoms with E-state index >= 15 is 0 Å². The smallest absolute Gasteiger partial charge is 0.223 e. The summed E-state index contributed by atoms with van der Waals surface area (Å²) in [6.07, 6.45) is 2.90. The predicted octanol–water partition coefficient (Wildman–Crippen LogP) is 1.64. The van der Waals surface area contributed by atoms with Gasteiger partial charge in [0, 0.05) is 24.3 Å². The summed E-state index contributed by atoms with van der Waals surface area (Å²) in [6.45, 7) is 5.53. The SMILES string of the molecule is CC(CNC(=O)CCOc1cccc(N)c1)N1CCCC1. The quantitative estimate of drug-likeness (QED) is 0.749. The molecule has 0 aliphatic carbocycles. The molecule has 0 saturated carbocycles. The Morgan fingerprint density at radius 2 is 2.19 bits per heavy atom. The largest absolute Gasteiger partial charge is 0.493 e. The number of nitrogen functional groups attached to an aromatic ring is 1. The van der Waals surface area contributed by atoms with Crippen molar-refractivity contribution in [3.05, 3.63) is 24.3 Å². The summed E-state index contributed by atoms with van der Waals surface area (Å²) < 4.78 is 5.51. The second kappa shape index (κ2) is 7.88. The molecule has 3 N–H and O–H groups in total. The summed E-state index contributed by atoms with van der Waals surface area (Å²) in [5.74, 6) is 0.734. The highest BCUT2D eigenvalue weighted by molar-refractivity contribution is 5.76. The van der Waals surface area contributed by atoms with Crippen LogP contribution < -0.4 is 15.8 Å². The van der Waals surface area contributed by atoms with Gasteiger partial charge in [-0.05, 0) is 45.0 Å². The molecule has 1 aliphatic heterocycles. The van der Waals surface area contributed by atoms with Gasteiger partial charge in [-0.3, -0.25) is 9.69 Å². The minimum absolute atomic E-state index is 0.0324. The van der Waals surface area contributed by atoms with Gasteiger partial charge in [-0.2, -0.15) is 0 Å². The molecule has 1 atom stereocenters. The highest BCUT2D eigenvalue weighted by atomic mass is 16.5. The van der Waals surface area contributed by atoms with Crippen LogP contribution in [0.5, 0.6) is 5.75 Å². The summed E-state index contributed by atoms with van der Waals surface area (Å²) in [7, 11) is 0. The van der Waals surface area contributed by atoms with Gasteiger partial charge in [-0.1, -0.05) is 6.07 Å². The fourth-order valence-corrected chi connectivity index (χ4v) is 2.53. The molecule has 1 aliphatic rings. The Kier molecular flexibility index (Phi) is 5.87. The third-order valence-corrected chi connectivity index (χ3v) is 3.81. The van der Waals surface area contributed by atoms with Crippen LogP contribution in [-0.4, -0.2) is 43.1 Å². The number of carbonyl (C=O) groups excluding carboxylic acids is 1. The molecule has 0 spiro atoms.